The van der Waals surface area contributed by atoms with Crippen molar-refractivity contribution in [2.45, 2.75) is 24.5 Å². The standard InChI is InChI=1S/C16H15ClO2S/c1-10-3-4-11(2)12(7-10)9-20-13-5-6-15(17)14(8-13)16(18)19/h3-8H,9H2,1-2H3,(H,18,19). The maximum atomic E-state index is 11.1. The van der Waals surface area contributed by atoms with Crippen LogP contribution in [-0.4, -0.2) is 11.1 Å². The highest BCUT2D eigenvalue weighted by Crippen LogP contribution is 2.28. The first-order valence-corrected chi connectivity index (χ1v) is 7.55. The molecule has 0 spiro atoms. The fourth-order valence-electron chi connectivity index (χ4n) is 1.87. The number of carbonyl (C=O) groups is 1. The molecule has 2 aromatic rings. The van der Waals surface area contributed by atoms with Crippen molar-refractivity contribution in [2.24, 2.45) is 0 Å². The van der Waals surface area contributed by atoms with Crippen LogP contribution in [0.4, 0.5) is 0 Å². The third-order valence-electron chi connectivity index (χ3n) is 3.07. The molecule has 0 amide bonds. The summed E-state index contributed by atoms with van der Waals surface area (Å²) in [4.78, 5) is 12.0. The molecule has 0 heterocycles. The molecule has 104 valence electrons. The van der Waals surface area contributed by atoms with Crippen LogP contribution in [0.25, 0.3) is 0 Å². The molecule has 0 unspecified atom stereocenters. The van der Waals surface area contributed by atoms with Crippen LogP contribution in [0, 0.1) is 13.8 Å². The van der Waals surface area contributed by atoms with Gasteiger partial charge in [-0.1, -0.05) is 35.4 Å². The van der Waals surface area contributed by atoms with Gasteiger partial charge in [-0.15, -0.1) is 11.8 Å². The lowest BCUT2D eigenvalue weighted by Crippen LogP contribution is -1.97. The van der Waals surface area contributed by atoms with Gasteiger partial charge in [0.25, 0.3) is 0 Å². The summed E-state index contributed by atoms with van der Waals surface area (Å²) in [6.45, 7) is 4.15. The Labute approximate surface area is 127 Å². The second-order valence-corrected chi connectivity index (χ2v) is 6.12. The molecule has 0 saturated carbocycles. The predicted octanol–water partition coefficient (Wildman–Crippen LogP) is 4.95. The predicted molar refractivity (Wildman–Crippen MR) is 83.9 cm³/mol. The molecule has 0 aromatic heterocycles. The Morgan fingerprint density at radius 3 is 2.65 bits per heavy atom. The SMILES string of the molecule is Cc1ccc(C)c(CSc2ccc(Cl)c(C(=O)O)c2)c1. The zero-order valence-electron chi connectivity index (χ0n) is 11.3. The monoisotopic (exact) mass is 306 g/mol. The first-order valence-electron chi connectivity index (χ1n) is 6.19. The normalized spacial score (nSPS) is 10.6. The van der Waals surface area contributed by atoms with Gasteiger partial charge in [0.1, 0.15) is 0 Å². The molecule has 4 heteroatoms. The molecule has 1 N–H and O–H groups in total. The first kappa shape index (κ1) is 14.9. The average molecular weight is 307 g/mol. The van der Waals surface area contributed by atoms with Crippen molar-refractivity contribution in [3.05, 3.63) is 63.7 Å². The van der Waals surface area contributed by atoms with Gasteiger partial charge in [-0.05, 0) is 43.2 Å². The van der Waals surface area contributed by atoms with E-state index in [1.165, 1.54) is 16.7 Å². The highest BCUT2D eigenvalue weighted by atomic mass is 35.5. The van der Waals surface area contributed by atoms with Gasteiger partial charge in [-0.3, -0.25) is 0 Å². The number of aryl methyl sites for hydroxylation is 2. The van der Waals surface area contributed by atoms with E-state index in [-0.39, 0.29) is 10.6 Å². The summed E-state index contributed by atoms with van der Waals surface area (Å²) in [7, 11) is 0. The average Bonchev–Trinajstić information content (AvgIpc) is 2.41. The number of rotatable bonds is 4. The molecular weight excluding hydrogens is 292 g/mol. The van der Waals surface area contributed by atoms with Crippen molar-refractivity contribution >= 4 is 29.3 Å². The number of carboxylic acid groups (broad SMARTS) is 1. The molecule has 0 radical (unpaired) electrons. The van der Waals surface area contributed by atoms with Crippen LogP contribution in [-0.2, 0) is 5.75 Å². The molecule has 2 rings (SSSR count). The van der Waals surface area contributed by atoms with Gasteiger partial charge >= 0.3 is 5.97 Å². The van der Waals surface area contributed by atoms with Gasteiger partial charge in [0, 0.05) is 10.6 Å². The molecule has 0 aliphatic carbocycles. The van der Waals surface area contributed by atoms with Crippen molar-refractivity contribution in [3.8, 4) is 0 Å². The van der Waals surface area contributed by atoms with Crippen LogP contribution >= 0.6 is 23.4 Å². The van der Waals surface area contributed by atoms with Crippen molar-refractivity contribution in [1.82, 2.24) is 0 Å². The molecule has 0 aliphatic heterocycles. The number of aromatic carboxylic acids is 1. The highest BCUT2D eigenvalue weighted by Gasteiger charge is 2.10. The second-order valence-electron chi connectivity index (χ2n) is 4.67. The fraction of sp³-hybridized carbons (Fsp3) is 0.188. The zero-order chi connectivity index (χ0) is 14.7. The van der Waals surface area contributed by atoms with Crippen molar-refractivity contribution in [1.29, 1.82) is 0 Å². The lowest BCUT2D eigenvalue weighted by molar-refractivity contribution is 0.0697. The number of thioether (sulfide) groups is 1. The largest absolute Gasteiger partial charge is 0.478 e. The minimum absolute atomic E-state index is 0.151. The number of carboxylic acids is 1. The number of hydrogen-bond donors (Lipinski definition) is 1. The Bertz CT molecular complexity index is 653. The van der Waals surface area contributed by atoms with Crippen LogP contribution < -0.4 is 0 Å². The Balaban J connectivity index is 2.17. The van der Waals surface area contributed by atoms with Crippen LogP contribution in [0.3, 0.4) is 0 Å². The zero-order valence-corrected chi connectivity index (χ0v) is 12.9. The van der Waals surface area contributed by atoms with E-state index in [4.69, 9.17) is 16.7 Å². The summed E-state index contributed by atoms with van der Waals surface area (Å²) < 4.78 is 0. The topological polar surface area (TPSA) is 37.3 Å². The molecule has 0 aliphatic rings. The van der Waals surface area contributed by atoms with E-state index in [0.717, 1.165) is 10.6 Å². The Morgan fingerprint density at radius 2 is 1.95 bits per heavy atom. The lowest BCUT2D eigenvalue weighted by Gasteiger charge is -2.08. The summed E-state index contributed by atoms with van der Waals surface area (Å²) in [6, 6.07) is 11.5. The minimum atomic E-state index is -0.996. The molecule has 2 aromatic carbocycles. The van der Waals surface area contributed by atoms with Gasteiger partial charge in [0.15, 0.2) is 0 Å². The summed E-state index contributed by atoms with van der Waals surface area (Å²) in [6.07, 6.45) is 0. The van der Waals surface area contributed by atoms with Gasteiger partial charge in [-0.25, -0.2) is 4.79 Å². The van der Waals surface area contributed by atoms with Crippen molar-refractivity contribution in [3.63, 3.8) is 0 Å². The maximum Gasteiger partial charge on any atom is 0.337 e. The third-order valence-corrected chi connectivity index (χ3v) is 4.44. The molecule has 0 fully saturated rings. The van der Waals surface area contributed by atoms with Crippen LogP contribution in [0.15, 0.2) is 41.3 Å². The quantitative estimate of drug-likeness (QED) is 0.812. The number of halogens is 1. The fourth-order valence-corrected chi connectivity index (χ4v) is 3.07. The summed E-state index contributed by atoms with van der Waals surface area (Å²) in [5.41, 5.74) is 3.89. The molecule has 0 atom stereocenters. The smallest absolute Gasteiger partial charge is 0.337 e. The van der Waals surface area contributed by atoms with E-state index in [0.29, 0.717) is 0 Å². The van der Waals surface area contributed by atoms with E-state index < -0.39 is 5.97 Å². The van der Waals surface area contributed by atoms with Gasteiger partial charge in [0.05, 0.1) is 10.6 Å². The summed E-state index contributed by atoms with van der Waals surface area (Å²) >= 11 is 7.48. The number of benzene rings is 2. The van der Waals surface area contributed by atoms with Gasteiger partial charge in [-0.2, -0.15) is 0 Å². The van der Waals surface area contributed by atoms with E-state index in [9.17, 15) is 4.79 Å². The molecular formula is C16H15ClO2S. The van der Waals surface area contributed by atoms with Crippen molar-refractivity contribution < 1.29 is 9.90 Å². The van der Waals surface area contributed by atoms with Crippen LogP contribution in [0.5, 0.6) is 0 Å². The number of hydrogen-bond acceptors (Lipinski definition) is 2. The Kier molecular flexibility index (Phi) is 4.73. The van der Waals surface area contributed by atoms with E-state index in [2.05, 4.69) is 32.0 Å². The van der Waals surface area contributed by atoms with E-state index in [1.807, 2.05) is 6.07 Å². The lowest BCUT2D eigenvalue weighted by atomic mass is 10.1. The minimum Gasteiger partial charge on any atom is -0.478 e. The second kappa shape index (κ2) is 6.33. The Hall–Kier alpha value is -1.45. The summed E-state index contributed by atoms with van der Waals surface area (Å²) in [5, 5.41) is 9.33. The van der Waals surface area contributed by atoms with Gasteiger partial charge in [0.2, 0.25) is 0 Å². The Morgan fingerprint density at radius 1 is 1.20 bits per heavy atom. The van der Waals surface area contributed by atoms with Crippen molar-refractivity contribution in [2.75, 3.05) is 0 Å². The molecule has 0 bridgehead atoms. The third kappa shape index (κ3) is 3.56. The first-order chi connectivity index (χ1) is 9.47. The molecule has 20 heavy (non-hydrogen) atoms. The highest BCUT2D eigenvalue weighted by molar-refractivity contribution is 7.98. The van der Waals surface area contributed by atoms with E-state index >= 15 is 0 Å². The van der Waals surface area contributed by atoms with Crippen LogP contribution in [0.1, 0.15) is 27.0 Å². The van der Waals surface area contributed by atoms with Gasteiger partial charge < -0.3 is 5.11 Å². The van der Waals surface area contributed by atoms with Crippen LogP contribution in [0.2, 0.25) is 5.02 Å². The van der Waals surface area contributed by atoms with E-state index in [1.54, 1.807) is 23.9 Å². The molecule has 2 nitrogen and oxygen atoms in total. The summed E-state index contributed by atoms with van der Waals surface area (Å²) in [5.74, 6) is -0.182. The molecule has 0 saturated heterocycles. The maximum absolute atomic E-state index is 11.1.